The van der Waals surface area contributed by atoms with Crippen molar-refractivity contribution in [1.29, 1.82) is 0 Å². The molecule has 1 aromatic carbocycles. The number of nitrogens with one attached hydrogen (secondary N) is 1. The fraction of sp³-hybridized carbons (Fsp3) is 0.250. The van der Waals surface area contributed by atoms with E-state index in [9.17, 15) is 14.4 Å². The van der Waals surface area contributed by atoms with E-state index in [1.165, 1.54) is 4.90 Å². The quantitative estimate of drug-likeness (QED) is 0.786. The molecule has 1 aromatic rings. The van der Waals surface area contributed by atoms with Crippen molar-refractivity contribution in [3.05, 3.63) is 33.3 Å². The van der Waals surface area contributed by atoms with E-state index in [4.69, 9.17) is 11.6 Å². The van der Waals surface area contributed by atoms with E-state index in [-0.39, 0.29) is 17.1 Å². The van der Waals surface area contributed by atoms with Gasteiger partial charge >= 0.3 is 0 Å². The maximum Gasteiger partial charge on any atom is 0.256 e. The van der Waals surface area contributed by atoms with Gasteiger partial charge in [0, 0.05) is 4.47 Å². The van der Waals surface area contributed by atoms with E-state index >= 15 is 0 Å². The number of hydrogen-bond donors (Lipinski definition) is 1. The van der Waals surface area contributed by atoms with Crippen LogP contribution in [-0.2, 0) is 9.59 Å². The van der Waals surface area contributed by atoms with Crippen molar-refractivity contribution in [2.45, 2.75) is 13.0 Å². The molecule has 1 aliphatic heterocycles. The number of rotatable bonds is 1. The molecule has 100 valence electrons. The van der Waals surface area contributed by atoms with E-state index in [0.29, 0.717) is 4.47 Å². The van der Waals surface area contributed by atoms with E-state index in [1.807, 2.05) is 0 Å². The van der Waals surface area contributed by atoms with Crippen LogP contribution in [0.3, 0.4) is 0 Å². The molecule has 1 atom stereocenters. The summed E-state index contributed by atoms with van der Waals surface area (Å²) >= 11 is 9.28. The van der Waals surface area contributed by atoms with Gasteiger partial charge in [-0.1, -0.05) is 17.7 Å². The smallest absolute Gasteiger partial charge is 0.256 e. The Hall–Kier alpha value is -1.40. The summed E-state index contributed by atoms with van der Waals surface area (Å²) in [5.41, 5.74) is 0.255. The third kappa shape index (κ3) is 2.64. The van der Waals surface area contributed by atoms with Gasteiger partial charge in [-0.25, -0.2) is 0 Å². The first-order valence-corrected chi connectivity index (χ1v) is 6.67. The summed E-state index contributed by atoms with van der Waals surface area (Å²) in [6.45, 7) is 1.40. The molecule has 5 nitrogen and oxygen atoms in total. The number of halogens is 2. The van der Waals surface area contributed by atoms with Crippen molar-refractivity contribution in [3.8, 4) is 0 Å². The Kier molecular flexibility index (Phi) is 3.91. The maximum atomic E-state index is 12.4. The van der Waals surface area contributed by atoms with Gasteiger partial charge in [0.1, 0.15) is 12.6 Å². The van der Waals surface area contributed by atoms with Crippen molar-refractivity contribution in [3.63, 3.8) is 0 Å². The number of carbonyl (C=O) groups is 3. The lowest BCUT2D eigenvalue weighted by Crippen LogP contribution is -2.58. The van der Waals surface area contributed by atoms with Gasteiger partial charge in [-0.15, -0.1) is 0 Å². The number of carbonyl (C=O) groups excluding carboxylic acids is 3. The van der Waals surface area contributed by atoms with Crippen LogP contribution in [0, 0.1) is 0 Å². The monoisotopic (exact) mass is 344 g/mol. The van der Waals surface area contributed by atoms with Gasteiger partial charge in [-0.3, -0.25) is 19.7 Å². The minimum atomic E-state index is -0.708. The summed E-state index contributed by atoms with van der Waals surface area (Å²) in [6, 6.07) is 4.22. The second kappa shape index (κ2) is 5.30. The van der Waals surface area contributed by atoms with Gasteiger partial charge in [0.15, 0.2) is 0 Å². The average Bonchev–Trinajstić information content (AvgIpc) is 2.36. The van der Waals surface area contributed by atoms with Gasteiger partial charge in [0.2, 0.25) is 11.8 Å². The van der Waals surface area contributed by atoms with Crippen LogP contribution in [-0.4, -0.2) is 35.2 Å². The molecule has 0 saturated carbocycles. The van der Waals surface area contributed by atoms with E-state index in [0.717, 1.165) is 0 Å². The molecule has 19 heavy (non-hydrogen) atoms. The zero-order valence-electron chi connectivity index (χ0n) is 9.94. The molecule has 3 amide bonds. The SMILES string of the molecule is CC1C(=O)NC(=O)CN1C(=O)c1cccc(Br)c1Cl. The number of amides is 3. The van der Waals surface area contributed by atoms with Gasteiger partial charge in [0.25, 0.3) is 5.91 Å². The Morgan fingerprint density at radius 2 is 2.16 bits per heavy atom. The summed E-state index contributed by atoms with van der Waals surface area (Å²) in [7, 11) is 0. The minimum Gasteiger partial charge on any atom is -0.318 e. The minimum absolute atomic E-state index is 0.158. The highest BCUT2D eigenvalue weighted by Gasteiger charge is 2.34. The third-order valence-corrected chi connectivity index (χ3v) is 4.16. The molecular formula is C12H10BrClN2O3. The fourth-order valence-electron chi connectivity index (χ4n) is 1.79. The van der Waals surface area contributed by atoms with Crippen LogP contribution in [0.1, 0.15) is 17.3 Å². The van der Waals surface area contributed by atoms with Crippen LogP contribution < -0.4 is 5.32 Å². The van der Waals surface area contributed by atoms with E-state index < -0.39 is 23.8 Å². The first-order chi connectivity index (χ1) is 8.91. The number of imide groups is 1. The van der Waals surface area contributed by atoms with Gasteiger partial charge < -0.3 is 4.90 Å². The van der Waals surface area contributed by atoms with Gasteiger partial charge in [-0.2, -0.15) is 0 Å². The third-order valence-electron chi connectivity index (χ3n) is 2.87. The molecule has 7 heteroatoms. The first kappa shape index (κ1) is 14.0. The van der Waals surface area contributed by atoms with Crippen molar-refractivity contribution < 1.29 is 14.4 Å². The van der Waals surface area contributed by atoms with E-state index in [1.54, 1.807) is 25.1 Å². The van der Waals surface area contributed by atoms with Crippen LogP contribution in [0.25, 0.3) is 0 Å². The lowest BCUT2D eigenvalue weighted by Gasteiger charge is -2.31. The lowest BCUT2D eigenvalue weighted by molar-refractivity contribution is -0.138. The number of nitrogens with zero attached hydrogens (tertiary/aromatic N) is 1. The van der Waals surface area contributed by atoms with Gasteiger partial charge in [0.05, 0.1) is 10.6 Å². The molecule has 0 bridgehead atoms. The molecule has 1 aliphatic rings. The largest absolute Gasteiger partial charge is 0.318 e. The number of hydrogen-bond acceptors (Lipinski definition) is 3. The molecule has 0 aliphatic carbocycles. The topological polar surface area (TPSA) is 66.5 Å². The summed E-state index contributed by atoms with van der Waals surface area (Å²) in [6.07, 6.45) is 0. The average molecular weight is 346 g/mol. The van der Waals surface area contributed by atoms with Crippen LogP contribution in [0.15, 0.2) is 22.7 Å². The molecule has 2 rings (SSSR count). The Morgan fingerprint density at radius 3 is 2.84 bits per heavy atom. The molecule has 1 heterocycles. The highest BCUT2D eigenvalue weighted by atomic mass is 79.9. The highest BCUT2D eigenvalue weighted by molar-refractivity contribution is 9.10. The number of benzene rings is 1. The Balaban J connectivity index is 2.35. The molecule has 0 aromatic heterocycles. The maximum absolute atomic E-state index is 12.4. The number of piperazine rings is 1. The van der Waals surface area contributed by atoms with Gasteiger partial charge in [-0.05, 0) is 35.0 Å². The van der Waals surface area contributed by atoms with Crippen LogP contribution in [0.4, 0.5) is 0 Å². The normalized spacial score (nSPS) is 19.3. The lowest BCUT2D eigenvalue weighted by atomic mass is 10.1. The summed E-state index contributed by atoms with van der Waals surface area (Å²) in [5, 5.41) is 2.44. The van der Waals surface area contributed by atoms with Crippen molar-refractivity contribution in [2.24, 2.45) is 0 Å². The summed E-state index contributed by atoms with van der Waals surface area (Å²) < 4.78 is 0.584. The zero-order chi connectivity index (χ0) is 14.2. The fourth-order valence-corrected chi connectivity index (χ4v) is 2.36. The molecule has 0 spiro atoms. The predicted molar refractivity (Wildman–Crippen MR) is 72.8 cm³/mol. The van der Waals surface area contributed by atoms with E-state index in [2.05, 4.69) is 21.2 Å². The Morgan fingerprint density at radius 1 is 1.47 bits per heavy atom. The van der Waals surface area contributed by atoms with Crippen molar-refractivity contribution in [1.82, 2.24) is 10.2 Å². The standard InChI is InChI=1S/C12H10BrClN2O3/c1-6-11(18)15-9(17)5-16(6)12(19)7-3-2-4-8(13)10(7)14/h2-4,6H,5H2,1H3,(H,15,17,18). The van der Waals surface area contributed by atoms with Crippen LogP contribution >= 0.6 is 27.5 Å². The molecule has 1 N–H and O–H groups in total. The molecule has 1 fully saturated rings. The van der Waals surface area contributed by atoms with Crippen LogP contribution in [0.5, 0.6) is 0 Å². The predicted octanol–water partition coefficient (Wildman–Crippen LogP) is 1.59. The zero-order valence-corrected chi connectivity index (χ0v) is 12.3. The summed E-state index contributed by atoms with van der Waals surface area (Å²) in [5.74, 6) is -1.43. The summed E-state index contributed by atoms with van der Waals surface area (Å²) in [4.78, 5) is 36.4. The molecular weight excluding hydrogens is 336 g/mol. The molecule has 1 unspecified atom stereocenters. The second-order valence-electron chi connectivity index (χ2n) is 4.12. The first-order valence-electron chi connectivity index (χ1n) is 5.50. The Bertz CT molecular complexity index is 576. The Labute approximate surface area is 123 Å². The van der Waals surface area contributed by atoms with Crippen molar-refractivity contribution >= 4 is 45.3 Å². The molecule has 1 saturated heterocycles. The molecule has 0 radical (unpaired) electrons. The van der Waals surface area contributed by atoms with Crippen LogP contribution in [0.2, 0.25) is 5.02 Å². The van der Waals surface area contributed by atoms with Crippen molar-refractivity contribution in [2.75, 3.05) is 6.54 Å². The highest BCUT2D eigenvalue weighted by Crippen LogP contribution is 2.27. The second-order valence-corrected chi connectivity index (χ2v) is 5.36.